The molecule has 0 spiro atoms. The van der Waals surface area contributed by atoms with E-state index in [1.807, 2.05) is 38.1 Å². The van der Waals surface area contributed by atoms with E-state index in [4.69, 9.17) is 24.4 Å². The SMILES string of the molecule is CCc1n[nH]c(=S)n1/N=C/c1cccc(/C=N/n2c(CC)n[nH]c2=S)c1. The van der Waals surface area contributed by atoms with E-state index in [1.54, 1.807) is 21.8 Å². The Balaban J connectivity index is 1.84. The maximum Gasteiger partial charge on any atom is 0.216 e. The molecule has 0 bridgehead atoms. The first-order valence-corrected chi connectivity index (χ1v) is 8.95. The van der Waals surface area contributed by atoms with Crippen molar-refractivity contribution in [1.82, 2.24) is 29.7 Å². The van der Waals surface area contributed by atoms with Gasteiger partial charge in [-0.05, 0) is 41.6 Å². The lowest BCUT2D eigenvalue weighted by molar-refractivity contribution is 0.780. The molecule has 0 saturated carbocycles. The first-order valence-electron chi connectivity index (χ1n) is 8.13. The highest BCUT2D eigenvalue weighted by atomic mass is 32.1. The first-order chi connectivity index (χ1) is 12.6. The van der Waals surface area contributed by atoms with Crippen LogP contribution < -0.4 is 0 Å². The molecule has 0 radical (unpaired) electrons. The summed E-state index contributed by atoms with van der Waals surface area (Å²) in [5.41, 5.74) is 1.84. The van der Waals surface area contributed by atoms with E-state index in [2.05, 4.69) is 30.6 Å². The molecule has 3 aromatic rings. The van der Waals surface area contributed by atoms with Crippen molar-refractivity contribution < 1.29 is 0 Å². The highest BCUT2D eigenvalue weighted by molar-refractivity contribution is 7.71. The van der Waals surface area contributed by atoms with Crippen LogP contribution in [0.5, 0.6) is 0 Å². The zero-order valence-electron chi connectivity index (χ0n) is 14.4. The van der Waals surface area contributed by atoms with Crippen molar-refractivity contribution >= 4 is 36.9 Å². The Morgan fingerprint density at radius 1 is 0.923 bits per heavy atom. The number of benzene rings is 1. The topological polar surface area (TPSA) is 91.9 Å². The molecule has 0 saturated heterocycles. The van der Waals surface area contributed by atoms with Crippen molar-refractivity contribution in [2.24, 2.45) is 10.2 Å². The van der Waals surface area contributed by atoms with Gasteiger partial charge in [0.2, 0.25) is 9.54 Å². The summed E-state index contributed by atoms with van der Waals surface area (Å²) in [6.45, 7) is 4.00. The maximum absolute atomic E-state index is 5.19. The number of nitrogens with zero attached hydrogens (tertiary/aromatic N) is 6. The maximum atomic E-state index is 5.19. The van der Waals surface area contributed by atoms with Crippen LogP contribution in [0, 0.1) is 9.54 Å². The van der Waals surface area contributed by atoms with Crippen LogP contribution in [0.1, 0.15) is 36.6 Å². The van der Waals surface area contributed by atoms with Crippen LogP contribution in [0.15, 0.2) is 34.5 Å². The third kappa shape index (κ3) is 3.92. The van der Waals surface area contributed by atoms with Gasteiger partial charge < -0.3 is 0 Å². The van der Waals surface area contributed by atoms with Crippen LogP contribution in [0.25, 0.3) is 0 Å². The molecular formula is C16H18N8S2. The molecule has 1 aromatic carbocycles. The van der Waals surface area contributed by atoms with Crippen molar-refractivity contribution in [3.63, 3.8) is 0 Å². The van der Waals surface area contributed by atoms with E-state index in [0.717, 1.165) is 35.6 Å². The zero-order valence-corrected chi connectivity index (χ0v) is 16.0. The molecule has 0 aliphatic carbocycles. The summed E-state index contributed by atoms with van der Waals surface area (Å²) in [6, 6.07) is 7.82. The van der Waals surface area contributed by atoms with Gasteiger partial charge in [-0.3, -0.25) is 10.2 Å². The van der Waals surface area contributed by atoms with Gasteiger partial charge in [-0.15, -0.1) is 0 Å². The summed E-state index contributed by atoms with van der Waals surface area (Å²) in [5.74, 6) is 1.57. The lowest BCUT2D eigenvalue weighted by Gasteiger charge is -1.99. The molecule has 0 unspecified atom stereocenters. The molecule has 0 fully saturated rings. The van der Waals surface area contributed by atoms with Crippen molar-refractivity contribution in [3.8, 4) is 0 Å². The monoisotopic (exact) mass is 386 g/mol. The first kappa shape index (κ1) is 18.1. The van der Waals surface area contributed by atoms with E-state index in [0.29, 0.717) is 9.54 Å². The van der Waals surface area contributed by atoms with Gasteiger partial charge in [-0.25, -0.2) is 0 Å². The van der Waals surface area contributed by atoms with Crippen molar-refractivity contribution in [1.29, 1.82) is 0 Å². The minimum Gasteiger partial charge on any atom is -0.250 e. The Kier molecular flexibility index (Phi) is 5.64. The minimum atomic E-state index is 0.470. The van der Waals surface area contributed by atoms with Crippen molar-refractivity contribution in [3.05, 3.63) is 56.6 Å². The molecule has 2 N–H and O–H groups in total. The summed E-state index contributed by atoms with van der Waals surface area (Å²) >= 11 is 10.4. The van der Waals surface area contributed by atoms with Crippen molar-refractivity contribution in [2.75, 3.05) is 0 Å². The second kappa shape index (κ2) is 8.11. The van der Waals surface area contributed by atoms with E-state index < -0.39 is 0 Å². The molecule has 2 heterocycles. The second-order valence-electron chi connectivity index (χ2n) is 5.38. The van der Waals surface area contributed by atoms with Crippen molar-refractivity contribution in [2.45, 2.75) is 26.7 Å². The number of aromatic amines is 2. The highest BCUT2D eigenvalue weighted by Gasteiger charge is 2.02. The Labute approximate surface area is 160 Å². The van der Waals surface area contributed by atoms with Gasteiger partial charge >= 0.3 is 0 Å². The normalized spacial score (nSPS) is 11.8. The number of nitrogens with one attached hydrogen (secondary N) is 2. The molecule has 134 valence electrons. The molecular weight excluding hydrogens is 368 g/mol. The van der Waals surface area contributed by atoms with E-state index in [9.17, 15) is 0 Å². The lowest BCUT2D eigenvalue weighted by Crippen LogP contribution is -1.98. The average molecular weight is 387 g/mol. The fourth-order valence-corrected chi connectivity index (χ4v) is 2.71. The van der Waals surface area contributed by atoms with Gasteiger partial charge in [0, 0.05) is 12.8 Å². The van der Waals surface area contributed by atoms with Crippen LogP contribution in [-0.4, -0.2) is 42.2 Å². The van der Waals surface area contributed by atoms with Gasteiger partial charge in [-0.1, -0.05) is 32.0 Å². The predicted octanol–water partition coefficient (Wildman–Crippen LogP) is 3.08. The third-order valence-corrected chi connectivity index (χ3v) is 4.15. The van der Waals surface area contributed by atoms with Gasteiger partial charge in [0.15, 0.2) is 11.6 Å². The van der Waals surface area contributed by atoms with Crippen LogP contribution in [0.2, 0.25) is 0 Å². The summed E-state index contributed by atoms with van der Waals surface area (Å²) in [4.78, 5) is 0. The van der Waals surface area contributed by atoms with E-state index >= 15 is 0 Å². The molecule has 10 heteroatoms. The fourth-order valence-electron chi connectivity index (χ4n) is 2.31. The molecule has 8 nitrogen and oxygen atoms in total. The molecule has 0 aliphatic rings. The number of H-pyrrole nitrogens is 2. The average Bonchev–Trinajstić information content (AvgIpc) is 3.20. The Bertz CT molecular complexity index is 985. The summed E-state index contributed by atoms with van der Waals surface area (Å²) in [7, 11) is 0. The molecule has 26 heavy (non-hydrogen) atoms. The number of aryl methyl sites for hydroxylation is 2. The third-order valence-electron chi connectivity index (χ3n) is 3.62. The largest absolute Gasteiger partial charge is 0.250 e. The minimum absolute atomic E-state index is 0.470. The smallest absolute Gasteiger partial charge is 0.216 e. The summed E-state index contributed by atoms with van der Waals surface area (Å²) < 4.78 is 4.18. The van der Waals surface area contributed by atoms with Crippen LogP contribution in [0.3, 0.4) is 0 Å². The van der Waals surface area contributed by atoms with Crippen LogP contribution in [0.4, 0.5) is 0 Å². The number of hydrogen-bond donors (Lipinski definition) is 2. The molecule has 0 amide bonds. The van der Waals surface area contributed by atoms with Gasteiger partial charge in [0.1, 0.15) is 0 Å². The fraction of sp³-hybridized carbons (Fsp3) is 0.250. The van der Waals surface area contributed by atoms with Gasteiger partial charge in [-0.2, -0.15) is 29.8 Å². The van der Waals surface area contributed by atoms with Crippen LogP contribution >= 0.6 is 24.4 Å². The number of hydrogen-bond acceptors (Lipinski definition) is 6. The van der Waals surface area contributed by atoms with Gasteiger partial charge in [0.05, 0.1) is 12.4 Å². The molecule has 0 aliphatic heterocycles. The standard InChI is InChI=1S/C16H18N8S2/c1-3-13-19-21-15(25)23(13)17-9-11-6-5-7-12(8-11)10-18-24-14(4-2)20-22-16(24)26/h5-10H,3-4H2,1-2H3,(H,21,25)(H,22,26)/b17-9+,18-10+. The van der Waals surface area contributed by atoms with Crippen LogP contribution in [-0.2, 0) is 12.8 Å². The highest BCUT2D eigenvalue weighted by Crippen LogP contribution is 2.04. The second-order valence-corrected chi connectivity index (χ2v) is 6.15. The number of rotatable bonds is 6. The van der Waals surface area contributed by atoms with E-state index in [-0.39, 0.29) is 0 Å². The zero-order chi connectivity index (χ0) is 18.5. The quantitative estimate of drug-likeness (QED) is 0.503. The molecule has 2 aromatic heterocycles. The van der Waals surface area contributed by atoms with E-state index in [1.165, 1.54) is 0 Å². The lowest BCUT2D eigenvalue weighted by atomic mass is 10.1. The number of aromatic nitrogens is 6. The summed E-state index contributed by atoms with van der Waals surface area (Å²) in [5, 5.41) is 22.6. The molecule has 3 rings (SSSR count). The Hall–Kier alpha value is -2.72. The Morgan fingerprint density at radius 3 is 1.81 bits per heavy atom. The molecule has 0 atom stereocenters. The Morgan fingerprint density at radius 2 is 1.38 bits per heavy atom. The summed E-state index contributed by atoms with van der Waals surface area (Å²) in [6.07, 6.45) is 4.95. The predicted molar refractivity (Wildman–Crippen MR) is 106 cm³/mol. The van der Waals surface area contributed by atoms with Gasteiger partial charge in [0.25, 0.3) is 0 Å².